The van der Waals surface area contributed by atoms with Gasteiger partial charge in [0, 0.05) is 22.8 Å². The molecule has 1 aromatic heterocycles. The summed E-state index contributed by atoms with van der Waals surface area (Å²) in [5.74, 6) is -0.999. The molecule has 0 unspecified atom stereocenters. The highest BCUT2D eigenvalue weighted by Gasteiger charge is 2.34. The number of nitrogens with zero attached hydrogens (tertiary/aromatic N) is 2. The second-order valence-corrected chi connectivity index (χ2v) is 7.12. The normalized spacial score (nSPS) is 14.2. The Balaban J connectivity index is 1.82. The molecule has 28 heavy (non-hydrogen) atoms. The highest BCUT2D eigenvalue weighted by Crippen LogP contribution is 2.34. The maximum absolute atomic E-state index is 12.9. The maximum atomic E-state index is 12.9. The second-order valence-electron chi connectivity index (χ2n) is 6.21. The molecule has 0 saturated carbocycles. The molecule has 0 radical (unpaired) electrons. The molecule has 4 rings (SSSR count). The number of hydrogen-bond acceptors (Lipinski definition) is 6. The minimum Gasteiger partial charge on any atom is -0.434 e. The summed E-state index contributed by atoms with van der Waals surface area (Å²) in [6.07, 6.45) is 0. The first-order chi connectivity index (χ1) is 13.3. The molecule has 0 bridgehead atoms. The maximum Gasteiger partial charge on any atom is 0.336 e. The van der Waals surface area contributed by atoms with Crippen molar-refractivity contribution >= 4 is 50.2 Å². The van der Waals surface area contributed by atoms with Gasteiger partial charge in [0.15, 0.2) is 5.58 Å². The van der Waals surface area contributed by atoms with Gasteiger partial charge in [0.05, 0.1) is 5.69 Å². The fraction of sp³-hybridized carbons (Fsp3) is 0.100. The van der Waals surface area contributed by atoms with E-state index < -0.39 is 17.3 Å². The highest BCUT2D eigenvalue weighted by atomic mass is 79.9. The molecule has 1 aliphatic heterocycles. The van der Waals surface area contributed by atoms with Crippen LogP contribution in [0.2, 0.25) is 0 Å². The van der Waals surface area contributed by atoms with E-state index in [0.717, 1.165) is 9.48 Å². The zero-order valence-electron chi connectivity index (χ0n) is 14.9. The van der Waals surface area contributed by atoms with Crippen LogP contribution in [0.1, 0.15) is 22.8 Å². The van der Waals surface area contributed by atoms with Crippen LogP contribution >= 0.6 is 15.9 Å². The molecule has 3 aromatic rings. The smallest absolute Gasteiger partial charge is 0.336 e. The summed E-state index contributed by atoms with van der Waals surface area (Å²) in [6, 6.07) is 11.5. The van der Waals surface area contributed by atoms with Crippen LogP contribution in [0.15, 0.2) is 61.3 Å². The minimum absolute atomic E-state index is 0.122. The number of aryl methyl sites for hydroxylation is 1. The molecule has 0 spiro atoms. The number of carbonyl (C=O) groups is 2. The average molecular weight is 441 g/mol. The molecule has 2 heterocycles. The molecule has 0 atom stereocenters. The molecule has 8 heteroatoms. The van der Waals surface area contributed by atoms with Gasteiger partial charge in [-0.2, -0.15) is 5.01 Å². The SMILES string of the molecule is CC(=O)N(/N=C1\Oc2ccc3c(C)cc(=O)oc3c2C1=O)c1ccc(Br)cc1. The topological polar surface area (TPSA) is 89.2 Å². The van der Waals surface area contributed by atoms with Crippen molar-refractivity contribution in [3.63, 3.8) is 0 Å². The van der Waals surface area contributed by atoms with Gasteiger partial charge in [0.25, 0.3) is 11.7 Å². The van der Waals surface area contributed by atoms with Gasteiger partial charge in [-0.1, -0.05) is 15.9 Å². The Kier molecular flexibility index (Phi) is 4.35. The van der Waals surface area contributed by atoms with Crippen LogP contribution < -0.4 is 15.4 Å². The number of amides is 1. The lowest BCUT2D eigenvalue weighted by Crippen LogP contribution is -2.27. The largest absolute Gasteiger partial charge is 0.434 e. The van der Waals surface area contributed by atoms with Gasteiger partial charge in [-0.15, -0.1) is 5.10 Å². The van der Waals surface area contributed by atoms with Gasteiger partial charge in [-0.3, -0.25) is 9.59 Å². The molecular weight excluding hydrogens is 428 g/mol. The summed E-state index contributed by atoms with van der Waals surface area (Å²) in [6.45, 7) is 3.09. The second kappa shape index (κ2) is 6.72. The van der Waals surface area contributed by atoms with Crippen molar-refractivity contribution in [2.75, 3.05) is 5.01 Å². The number of benzene rings is 2. The van der Waals surface area contributed by atoms with E-state index in [4.69, 9.17) is 9.15 Å². The molecule has 0 N–H and O–H groups in total. The summed E-state index contributed by atoms with van der Waals surface area (Å²) in [4.78, 5) is 36.8. The standard InChI is InChI=1S/C20H13BrN2O5/c1-10-9-16(25)28-19-14(10)7-8-15-17(19)18(26)20(27-15)22-23(11(2)24)13-5-3-12(21)4-6-13/h3-9H,1-2H3/b22-20-. The lowest BCUT2D eigenvalue weighted by molar-refractivity contribution is -0.116. The van der Waals surface area contributed by atoms with Gasteiger partial charge >= 0.3 is 5.63 Å². The van der Waals surface area contributed by atoms with E-state index in [2.05, 4.69) is 21.0 Å². The van der Waals surface area contributed by atoms with Crippen LogP contribution in [-0.2, 0) is 4.79 Å². The Morgan fingerprint density at radius 2 is 1.82 bits per heavy atom. The molecule has 0 saturated heterocycles. The molecule has 0 fully saturated rings. The fourth-order valence-electron chi connectivity index (χ4n) is 2.97. The van der Waals surface area contributed by atoms with Crippen LogP contribution in [0.5, 0.6) is 5.75 Å². The molecule has 2 aromatic carbocycles. The molecule has 0 aliphatic carbocycles. The van der Waals surface area contributed by atoms with Gasteiger partial charge in [-0.05, 0) is 48.9 Å². The van der Waals surface area contributed by atoms with Crippen molar-refractivity contribution in [3.05, 3.63) is 68.5 Å². The first kappa shape index (κ1) is 18.1. The number of anilines is 1. The van der Waals surface area contributed by atoms with E-state index in [1.807, 2.05) is 0 Å². The predicted molar refractivity (Wildman–Crippen MR) is 107 cm³/mol. The van der Waals surface area contributed by atoms with Crippen molar-refractivity contribution in [1.82, 2.24) is 0 Å². The fourth-order valence-corrected chi connectivity index (χ4v) is 3.24. The van der Waals surface area contributed by atoms with Crippen LogP contribution in [0, 0.1) is 6.92 Å². The number of ether oxygens (including phenoxy) is 1. The number of hydrazone groups is 1. The lowest BCUT2D eigenvalue weighted by atomic mass is 10.0. The minimum atomic E-state index is -0.559. The highest BCUT2D eigenvalue weighted by molar-refractivity contribution is 9.10. The zero-order valence-corrected chi connectivity index (χ0v) is 16.4. The van der Waals surface area contributed by atoms with Crippen molar-refractivity contribution in [1.29, 1.82) is 0 Å². The third-order valence-corrected chi connectivity index (χ3v) is 4.80. The van der Waals surface area contributed by atoms with E-state index in [-0.39, 0.29) is 22.8 Å². The Bertz CT molecular complexity index is 1230. The van der Waals surface area contributed by atoms with Crippen LogP contribution in [0.4, 0.5) is 5.69 Å². The Morgan fingerprint density at radius 3 is 2.50 bits per heavy atom. The molecule has 7 nitrogen and oxygen atoms in total. The summed E-state index contributed by atoms with van der Waals surface area (Å²) < 4.78 is 11.7. The molecular formula is C20H13BrN2O5. The summed E-state index contributed by atoms with van der Waals surface area (Å²) >= 11 is 3.33. The van der Waals surface area contributed by atoms with Crippen LogP contribution in [0.3, 0.4) is 0 Å². The number of Topliss-reactive ketones (excluding diaryl/α,β-unsaturated/α-hetero) is 1. The predicted octanol–water partition coefficient (Wildman–Crippen LogP) is 3.81. The first-order valence-corrected chi connectivity index (χ1v) is 9.09. The Labute approximate surface area is 167 Å². The van der Waals surface area contributed by atoms with Crippen LogP contribution in [-0.4, -0.2) is 17.6 Å². The third kappa shape index (κ3) is 3.01. The molecule has 140 valence electrons. The van der Waals surface area contributed by atoms with E-state index in [0.29, 0.717) is 16.6 Å². The van der Waals surface area contributed by atoms with Gasteiger partial charge in [0.1, 0.15) is 11.3 Å². The monoisotopic (exact) mass is 440 g/mol. The number of hydrogen-bond donors (Lipinski definition) is 0. The zero-order chi connectivity index (χ0) is 20.0. The first-order valence-electron chi connectivity index (χ1n) is 8.30. The van der Waals surface area contributed by atoms with Crippen molar-refractivity contribution in [3.8, 4) is 5.75 Å². The van der Waals surface area contributed by atoms with E-state index >= 15 is 0 Å². The number of halogens is 1. The van der Waals surface area contributed by atoms with Gasteiger partial charge < -0.3 is 9.15 Å². The summed E-state index contributed by atoms with van der Waals surface area (Å²) in [5.41, 5.74) is 0.874. The Morgan fingerprint density at radius 1 is 1.11 bits per heavy atom. The van der Waals surface area contributed by atoms with Crippen molar-refractivity contribution in [2.45, 2.75) is 13.8 Å². The average Bonchev–Trinajstić information content (AvgIpc) is 2.96. The van der Waals surface area contributed by atoms with Gasteiger partial charge in [0.2, 0.25) is 5.91 Å². The van der Waals surface area contributed by atoms with E-state index in [9.17, 15) is 14.4 Å². The number of rotatable bonds is 2. The van der Waals surface area contributed by atoms with E-state index in [1.165, 1.54) is 13.0 Å². The summed E-state index contributed by atoms with van der Waals surface area (Å²) in [5, 5.41) is 5.83. The Hall–Kier alpha value is -3.26. The molecule has 1 aliphatic rings. The number of carbonyl (C=O) groups excluding carboxylic acids is 2. The number of ketones is 1. The number of fused-ring (bicyclic) bond motifs is 3. The molecule has 1 amide bonds. The van der Waals surface area contributed by atoms with Crippen molar-refractivity contribution < 1.29 is 18.7 Å². The quantitative estimate of drug-likeness (QED) is 0.446. The van der Waals surface area contributed by atoms with Gasteiger partial charge in [-0.25, -0.2) is 4.79 Å². The van der Waals surface area contributed by atoms with E-state index in [1.54, 1.807) is 43.3 Å². The van der Waals surface area contributed by atoms with Crippen LogP contribution in [0.25, 0.3) is 11.0 Å². The summed E-state index contributed by atoms with van der Waals surface area (Å²) in [7, 11) is 0. The lowest BCUT2D eigenvalue weighted by Gasteiger charge is -2.15. The third-order valence-electron chi connectivity index (χ3n) is 4.27. The van der Waals surface area contributed by atoms with Crippen molar-refractivity contribution in [2.24, 2.45) is 5.10 Å².